The lowest BCUT2D eigenvalue weighted by Gasteiger charge is -2.16. The van der Waals surface area contributed by atoms with Crippen LogP contribution in [0.4, 0.5) is 0 Å². The number of amides is 1. The molecule has 0 unspecified atom stereocenters. The molecule has 4 heteroatoms. The van der Waals surface area contributed by atoms with Gasteiger partial charge in [0.2, 0.25) is 5.91 Å². The van der Waals surface area contributed by atoms with E-state index in [0.29, 0.717) is 25.9 Å². The molecule has 1 aliphatic rings. The summed E-state index contributed by atoms with van der Waals surface area (Å²) in [5.41, 5.74) is 2.17. The normalized spacial score (nSPS) is 19.7. The Kier molecular flexibility index (Phi) is 3.84. The van der Waals surface area contributed by atoms with Crippen LogP contribution in [-0.2, 0) is 11.2 Å². The average Bonchev–Trinajstić information content (AvgIpc) is 2.69. The zero-order valence-electron chi connectivity index (χ0n) is 9.82. The van der Waals surface area contributed by atoms with E-state index in [2.05, 4.69) is 15.9 Å². The Balaban J connectivity index is 2.03. The standard InChI is InChI=1S/C13H16BrNO2/c1-9-6-11(14)3-2-10(9)7-13(17)15-5-4-12(16)8-15/h2-3,6,12,16H,4-5,7-8H2,1H3/t12-/m1/s1. The van der Waals surface area contributed by atoms with E-state index in [1.807, 2.05) is 25.1 Å². The fraction of sp³-hybridized carbons (Fsp3) is 0.462. The highest BCUT2D eigenvalue weighted by Crippen LogP contribution is 2.18. The SMILES string of the molecule is Cc1cc(Br)ccc1CC(=O)N1CC[C@@H](O)C1. The van der Waals surface area contributed by atoms with Crippen molar-refractivity contribution in [1.29, 1.82) is 0 Å². The molecule has 1 saturated heterocycles. The van der Waals surface area contributed by atoms with Crippen LogP contribution >= 0.6 is 15.9 Å². The summed E-state index contributed by atoms with van der Waals surface area (Å²) in [4.78, 5) is 13.7. The van der Waals surface area contributed by atoms with Crippen molar-refractivity contribution in [1.82, 2.24) is 4.90 Å². The molecule has 0 aromatic heterocycles. The lowest BCUT2D eigenvalue weighted by Crippen LogP contribution is -2.31. The van der Waals surface area contributed by atoms with Crippen molar-refractivity contribution in [2.75, 3.05) is 13.1 Å². The largest absolute Gasteiger partial charge is 0.391 e. The van der Waals surface area contributed by atoms with E-state index in [9.17, 15) is 9.90 Å². The summed E-state index contributed by atoms with van der Waals surface area (Å²) in [7, 11) is 0. The Hall–Kier alpha value is -0.870. The molecule has 3 nitrogen and oxygen atoms in total. The Morgan fingerprint density at radius 3 is 2.94 bits per heavy atom. The minimum absolute atomic E-state index is 0.104. The molecule has 1 aromatic rings. The second-order valence-electron chi connectivity index (χ2n) is 4.53. The number of hydrogen-bond acceptors (Lipinski definition) is 2. The summed E-state index contributed by atoms with van der Waals surface area (Å²) >= 11 is 3.41. The summed E-state index contributed by atoms with van der Waals surface area (Å²) in [5, 5.41) is 9.41. The molecule has 17 heavy (non-hydrogen) atoms. The molecule has 1 heterocycles. The third kappa shape index (κ3) is 3.07. The molecule has 0 spiro atoms. The van der Waals surface area contributed by atoms with Gasteiger partial charge in [0.25, 0.3) is 0 Å². The van der Waals surface area contributed by atoms with Crippen LogP contribution in [0.1, 0.15) is 17.5 Å². The highest BCUT2D eigenvalue weighted by Gasteiger charge is 2.24. The number of β-amino-alcohol motifs (C(OH)–C–C–N with tert-alkyl or cyclic N) is 1. The zero-order valence-corrected chi connectivity index (χ0v) is 11.4. The quantitative estimate of drug-likeness (QED) is 0.906. The first kappa shape index (κ1) is 12.6. The summed E-state index contributed by atoms with van der Waals surface area (Å²) in [6.45, 7) is 3.16. The van der Waals surface area contributed by atoms with Gasteiger partial charge in [-0.25, -0.2) is 0 Å². The number of aryl methyl sites for hydroxylation is 1. The molecule has 0 aliphatic carbocycles. The first-order valence-electron chi connectivity index (χ1n) is 5.77. The molecule has 1 N–H and O–H groups in total. The Bertz CT molecular complexity index is 433. The van der Waals surface area contributed by atoms with Crippen LogP contribution in [0.25, 0.3) is 0 Å². The van der Waals surface area contributed by atoms with Crippen molar-refractivity contribution in [2.24, 2.45) is 0 Å². The number of aliphatic hydroxyl groups excluding tert-OH is 1. The number of rotatable bonds is 2. The summed E-state index contributed by atoms with van der Waals surface area (Å²) in [6.07, 6.45) is 0.779. The Labute approximate surface area is 110 Å². The number of carbonyl (C=O) groups excluding carboxylic acids is 1. The third-order valence-electron chi connectivity index (χ3n) is 3.16. The van der Waals surface area contributed by atoms with Gasteiger partial charge in [0.1, 0.15) is 0 Å². The van der Waals surface area contributed by atoms with E-state index >= 15 is 0 Å². The monoisotopic (exact) mass is 297 g/mol. The Morgan fingerprint density at radius 1 is 1.59 bits per heavy atom. The van der Waals surface area contributed by atoms with Gasteiger partial charge in [-0.05, 0) is 36.6 Å². The van der Waals surface area contributed by atoms with Crippen molar-refractivity contribution < 1.29 is 9.90 Å². The first-order valence-corrected chi connectivity index (χ1v) is 6.56. The van der Waals surface area contributed by atoms with Crippen molar-refractivity contribution in [3.05, 3.63) is 33.8 Å². The lowest BCUT2D eigenvalue weighted by atomic mass is 10.1. The van der Waals surface area contributed by atoms with Gasteiger partial charge in [-0.2, -0.15) is 0 Å². The van der Waals surface area contributed by atoms with Gasteiger partial charge in [-0.15, -0.1) is 0 Å². The fourth-order valence-corrected chi connectivity index (χ4v) is 2.58. The molecule has 1 amide bonds. The van der Waals surface area contributed by atoms with Gasteiger partial charge in [-0.1, -0.05) is 22.0 Å². The van der Waals surface area contributed by atoms with Crippen LogP contribution in [0, 0.1) is 6.92 Å². The molecule has 1 fully saturated rings. The van der Waals surface area contributed by atoms with Crippen molar-refractivity contribution >= 4 is 21.8 Å². The molecular formula is C13H16BrNO2. The minimum atomic E-state index is -0.343. The van der Waals surface area contributed by atoms with E-state index < -0.39 is 0 Å². The topological polar surface area (TPSA) is 40.5 Å². The van der Waals surface area contributed by atoms with Gasteiger partial charge in [-0.3, -0.25) is 4.79 Å². The highest BCUT2D eigenvalue weighted by molar-refractivity contribution is 9.10. The van der Waals surface area contributed by atoms with Gasteiger partial charge >= 0.3 is 0 Å². The number of halogens is 1. The number of aliphatic hydroxyl groups is 1. The van der Waals surface area contributed by atoms with Crippen LogP contribution in [-0.4, -0.2) is 35.1 Å². The van der Waals surface area contributed by atoms with Crippen molar-refractivity contribution in [2.45, 2.75) is 25.9 Å². The maximum Gasteiger partial charge on any atom is 0.227 e. The second-order valence-corrected chi connectivity index (χ2v) is 5.45. The maximum absolute atomic E-state index is 12.0. The molecule has 1 atom stereocenters. The number of likely N-dealkylation sites (tertiary alicyclic amines) is 1. The molecule has 0 bridgehead atoms. The predicted molar refractivity (Wildman–Crippen MR) is 69.8 cm³/mol. The van der Waals surface area contributed by atoms with Crippen LogP contribution in [0.5, 0.6) is 0 Å². The molecular weight excluding hydrogens is 282 g/mol. The van der Waals surface area contributed by atoms with E-state index in [4.69, 9.17) is 0 Å². The van der Waals surface area contributed by atoms with Crippen LogP contribution in [0.2, 0.25) is 0 Å². The van der Waals surface area contributed by atoms with E-state index in [1.54, 1.807) is 4.90 Å². The van der Waals surface area contributed by atoms with Crippen LogP contribution in [0.15, 0.2) is 22.7 Å². The second kappa shape index (κ2) is 5.19. The first-order chi connectivity index (χ1) is 8.06. The van der Waals surface area contributed by atoms with E-state index in [0.717, 1.165) is 15.6 Å². The fourth-order valence-electron chi connectivity index (χ4n) is 2.10. The molecule has 1 aliphatic heterocycles. The molecule has 1 aromatic carbocycles. The van der Waals surface area contributed by atoms with Gasteiger partial charge < -0.3 is 10.0 Å². The zero-order chi connectivity index (χ0) is 12.4. The molecule has 0 radical (unpaired) electrons. The van der Waals surface area contributed by atoms with Crippen LogP contribution < -0.4 is 0 Å². The minimum Gasteiger partial charge on any atom is -0.391 e. The summed E-state index contributed by atoms with van der Waals surface area (Å²) in [5.74, 6) is 0.104. The summed E-state index contributed by atoms with van der Waals surface area (Å²) in [6, 6.07) is 5.94. The number of carbonyl (C=O) groups is 1. The third-order valence-corrected chi connectivity index (χ3v) is 3.66. The Morgan fingerprint density at radius 2 is 2.35 bits per heavy atom. The van der Waals surface area contributed by atoms with E-state index in [1.165, 1.54) is 0 Å². The van der Waals surface area contributed by atoms with Crippen molar-refractivity contribution in [3.8, 4) is 0 Å². The maximum atomic E-state index is 12.0. The molecule has 2 rings (SSSR count). The average molecular weight is 298 g/mol. The smallest absolute Gasteiger partial charge is 0.227 e. The molecule has 92 valence electrons. The van der Waals surface area contributed by atoms with E-state index in [-0.39, 0.29) is 12.0 Å². The molecule has 0 saturated carbocycles. The van der Waals surface area contributed by atoms with Crippen molar-refractivity contribution in [3.63, 3.8) is 0 Å². The predicted octanol–water partition coefficient (Wildman–Crippen LogP) is 1.89. The number of nitrogens with zero attached hydrogens (tertiary/aromatic N) is 1. The number of hydrogen-bond donors (Lipinski definition) is 1. The van der Waals surface area contributed by atoms with Crippen LogP contribution in [0.3, 0.4) is 0 Å². The number of benzene rings is 1. The van der Waals surface area contributed by atoms with Gasteiger partial charge in [0, 0.05) is 17.6 Å². The highest BCUT2D eigenvalue weighted by atomic mass is 79.9. The lowest BCUT2D eigenvalue weighted by molar-refractivity contribution is -0.129. The van der Waals surface area contributed by atoms with Gasteiger partial charge in [0.05, 0.1) is 12.5 Å². The van der Waals surface area contributed by atoms with Gasteiger partial charge in [0.15, 0.2) is 0 Å². The summed E-state index contributed by atoms with van der Waals surface area (Å²) < 4.78 is 1.03.